The van der Waals surface area contributed by atoms with E-state index in [2.05, 4.69) is 4.90 Å². The molecule has 2 heterocycles. The summed E-state index contributed by atoms with van der Waals surface area (Å²) in [6, 6.07) is 9.94. The van der Waals surface area contributed by atoms with Crippen molar-refractivity contribution in [2.24, 2.45) is 11.8 Å². The summed E-state index contributed by atoms with van der Waals surface area (Å²) in [6.45, 7) is 1.93. The van der Waals surface area contributed by atoms with Crippen molar-refractivity contribution >= 4 is 15.8 Å². The van der Waals surface area contributed by atoms with Crippen LogP contribution in [0.3, 0.4) is 0 Å². The molecule has 5 nitrogen and oxygen atoms in total. The van der Waals surface area contributed by atoms with E-state index in [4.69, 9.17) is 5.11 Å². The van der Waals surface area contributed by atoms with E-state index < -0.39 is 15.8 Å². The van der Waals surface area contributed by atoms with Gasteiger partial charge in [0.1, 0.15) is 0 Å². The van der Waals surface area contributed by atoms with Gasteiger partial charge in [0.2, 0.25) is 0 Å². The summed E-state index contributed by atoms with van der Waals surface area (Å²) < 4.78 is 24.4. The first-order valence-electron chi connectivity index (χ1n) is 7.15. The van der Waals surface area contributed by atoms with Crippen molar-refractivity contribution in [2.75, 3.05) is 18.8 Å². The van der Waals surface area contributed by atoms with Crippen molar-refractivity contribution in [1.82, 2.24) is 4.90 Å². The largest absolute Gasteiger partial charge is 0.481 e. The van der Waals surface area contributed by atoms with Crippen LogP contribution >= 0.6 is 0 Å². The molecule has 2 aliphatic heterocycles. The summed E-state index contributed by atoms with van der Waals surface area (Å²) in [6.07, 6.45) is -0.0421. The Morgan fingerprint density at radius 1 is 1.24 bits per heavy atom. The Kier molecular flexibility index (Phi) is 3.75. The Morgan fingerprint density at radius 2 is 1.95 bits per heavy atom. The van der Waals surface area contributed by atoms with Crippen LogP contribution in [0.5, 0.6) is 0 Å². The lowest BCUT2D eigenvalue weighted by Gasteiger charge is -2.19. The molecule has 6 heteroatoms. The zero-order valence-electron chi connectivity index (χ0n) is 11.7. The molecule has 1 aromatic rings. The van der Waals surface area contributed by atoms with E-state index in [9.17, 15) is 13.2 Å². The van der Waals surface area contributed by atoms with Gasteiger partial charge < -0.3 is 5.11 Å². The Morgan fingerprint density at radius 3 is 2.62 bits per heavy atom. The summed E-state index contributed by atoms with van der Waals surface area (Å²) in [5, 5.41) is 8.57. The van der Waals surface area contributed by atoms with Crippen LogP contribution < -0.4 is 0 Å². The molecule has 0 aliphatic carbocycles. The van der Waals surface area contributed by atoms with Gasteiger partial charge in [-0.15, -0.1) is 0 Å². The van der Waals surface area contributed by atoms with E-state index in [0.717, 1.165) is 12.1 Å². The summed E-state index contributed by atoms with van der Waals surface area (Å²) in [4.78, 5) is 13.1. The van der Waals surface area contributed by atoms with E-state index in [1.54, 1.807) is 0 Å². The van der Waals surface area contributed by atoms with E-state index in [1.165, 1.54) is 0 Å². The van der Waals surface area contributed by atoms with Crippen molar-refractivity contribution in [3.05, 3.63) is 35.9 Å². The normalized spacial score (nSPS) is 31.1. The van der Waals surface area contributed by atoms with Crippen LogP contribution in [0.25, 0.3) is 0 Å². The van der Waals surface area contributed by atoms with Gasteiger partial charge in [0.15, 0.2) is 9.84 Å². The quantitative estimate of drug-likeness (QED) is 0.898. The third-order valence-corrected chi connectivity index (χ3v) is 6.90. The Balaban J connectivity index is 1.73. The van der Waals surface area contributed by atoms with Crippen molar-refractivity contribution in [2.45, 2.75) is 18.2 Å². The standard InChI is InChI=1S/C15H19NO4S/c17-15(18)6-12-10-21(19,20)14-9-16(8-13(12)14)7-11-4-2-1-3-5-11/h1-5,12-14H,6-10H2,(H,17,18). The predicted molar refractivity (Wildman–Crippen MR) is 78.5 cm³/mol. The molecule has 1 aromatic carbocycles. The predicted octanol–water partition coefficient (Wildman–Crippen LogP) is 1.01. The number of rotatable bonds is 4. The summed E-state index contributed by atoms with van der Waals surface area (Å²) in [5.74, 6) is -1.14. The van der Waals surface area contributed by atoms with Crippen LogP contribution in [-0.4, -0.2) is 48.5 Å². The molecular weight excluding hydrogens is 290 g/mol. The van der Waals surface area contributed by atoms with Crippen LogP contribution in [0.1, 0.15) is 12.0 Å². The number of hydrogen-bond donors (Lipinski definition) is 1. The number of fused-ring (bicyclic) bond motifs is 1. The number of likely N-dealkylation sites (tertiary alicyclic amines) is 1. The Hall–Kier alpha value is -1.40. The summed E-state index contributed by atoms with van der Waals surface area (Å²) >= 11 is 0. The van der Waals surface area contributed by atoms with Crippen LogP contribution in [0.15, 0.2) is 30.3 Å². The molecule has 0 saturated carbocycles. The van der Waals surface area contributed by atoms with Gasteiger partial charge in [0, 0.05) is 26.1 Å². The SMILES string of the molecule is O=C(O)CC1CS(=O)(=O)C2CN(Cc3ccccc3)CC12. The lowest BCUT2D eigenvalue weighted by Crippen LogP contribution is -2.27. The minimum Gasteiger partial charge on any atom is -0.481 e. The first-order valence-corrected chi connectivity index (χ1v) is 8.87. The van der Waals surface area contributed by atoms with Gasteiger partial charge in [-0.05, 0) is 17.4 Å². The van der Waals surface area contributed by atoms with Crippen LogP contribution in [-0.2, 0) is 21.2 Å². The van der Waals surface area contributed by atoms with Gasteiger partial charge in [-0.1, -0.05) is 30.3 Å². The third kappa shape index (κ3) is 2.96. The van der Waals surface area contributed by atoms with Gasteiger partial charge in [-0.2, -0.15) is 0 Å². The molecule has 2 aliphatic rings. The first kappa shape index (κ1) is 14.5. The first-order chi connectivity index (χ1) is 9.95. The number of nitrogens with zero attached hydrogens (tertiary/aromatic N) is 1. The van der Waals surface area contributed by atoms with Crippen LogP contribution in [0, 0.1) is 11.8 Å². The molecule has 3 atom stereocenters. The number of aliphatic carboxylic acids is 1. The van der Waals surface area contributed by atoms with E-state index in [0.29, 0.717) is 13.1 Å². The van der Waals surface area contributed by atoms with Crippen molar-refractivity contribution in [3.63, 3.8) is 0 Å². The Labute approximate surface area is 124 Å². The molecule has 0 spiro atoms. The number of hydrogen-bond acceptors (Lipinski definition) is 4. The van der Waals surface area contributed by atoms with Crippen molar-refractivity contribution < 1.29 is 18.3 Å². The second-order valence-electron chi connectivity index (χ2n) is 6.07. The van der Waals surface area contributed by atoms with Crippen molar-refractivity contribution in [3.8, 4) is 0 Å². The van der Waals surface area contributed by atoms with Gasteiger partial charge >= 0.3 is 5.97 Å². The number of carbonyl (C=O) groups is 1. The fourth-order valence-electron chi connectivity index (χ4n) is 3.66. The molecule has 3 unspecified atom stereocenters. The Bertz CT molecular complexity index is 628. The smallest absolute Gasteiger partial charge is 0.303 e. The number of carboxylic acid groups (broad SMARTS) is 1. The van der Waals surface area contributed by atoms with E-state index in [-0.39, 0.29) is 29.3 Å². The maximum absolute atomic E-state index is 12.2. The third-order valence-electron chi connectivity index (χ3n) is 4.58. The molecule has 0 radical (unpaired) electrons. The van der Waals surface area contributed by atoms with E-state index in [1.807, 2.05) is 30.3 Å². The number of sulfone groups is 1. The second kappa shape index (κ2) is 5.42. The molecule has 21 heavy (non-hydrogen) atoms. The fourth-order valence-corrected chi connectivity index (χ4v) is 6.15. The van der Waals surface area contributed by atoms with Gasteiger partial charge in [0.25, 0.3) is 0 Å². The molecular formula is C15H19NO4S. The zero-order valence-corrected chi connectivity index (χ0v) is 12.5. The number of carboxylic acids is 1. The molecule has 3 rings (SSSR count). The molecule has 1 N–H and O–H groups in total. The number of benzene rings is 1. The molecule has 114 valence electrons. The highest BCUT2D eigenvalue weighted by atomic mass is 32.2. The lowest BCUT2D eigenvalue weighted by molar-refractivity contribution is -0.138. The molecule has 0 bridgehead atoms. The lowest BCUT2D eigenvalue weighted by atomic mass is 9.90. The minimum atomic E-state index is -3.15. The highest BCUT2D eigenvalue weighted by Crippen LogP contribution is 2.39. The average Bonchev–Trinajstić information content (AvgIpc) is 2.91. The van der Waals surface area contributed by atoms with E-state index >= 15 is 0 Å². The average molecular weight is 309 g/mol. The topological polar surface area (TPSA) is 74.7 Å². The molecule has 0 aromatic heterocycles. The monoisotopic (exact) mass is 309 g/mol. The van der Waals surface area contributed by atoms with Crippen LogP contribution in [0.4, 0.5) is 0 Å². The maximum atomic E-state index is 12.2. The van der Waals surface area contributed by atoms with Crippen LogP contribution in [0.2, 0.25) is 0 Å². The molecule has 2 saturated heterocycles. The zero-order chi connectivity index (χ0) is 15.0. The molecule has 2 fully saturated rings. The summed E-state index contributed by atoms with van der Waals surface area (Å²) in [5.41, 5.74) is 1.16. The highest BCUT2D eigenvalue weighted by Gasteiger charge is 2.52. The fraction of sp³-hybridized carbons (Fsp3) is 0.533. The minimum absolute atomic E-state index is 0.0326. The van der Waals surface area contributed by atoms with Gasteiger partial charge in [0.05, 0.1) is 11.0 Å². The molecule has 0 amide bonds. The van der Waals surface area contributed by atoms with Crippen molar-refractivity contribution in [1.29, 1.82) is 0 Å². The highest BCUT2D eigenvalue weighted by molar-refractivity contribution is 7.92. The maximum Gasteiger partial charge on any atom is 0.303 e. The summed E-state index contributed by atoms with van der Waals surface area (Å²) in [7, 11) is -3.15. The van der Waals surface area contributed by atoms with Gasteiger partial charge in [-0.3, -0.25) is 9.69 Å². The second-order valence-corrected chi connectivity index (χ2v) is 8.33. The van der Waals surface area contributed by atoms with Gasteiger partial charge in [-0.25, -0.2) is 8.42 Å².